The van der Waals surface area contributed by atoms with Crippen LogP contribution in [0.15, 0.2) is 59.2 Å². The summed E-state index contributed by atoms with van der Waals surface area (Å²) in [5.41, 5.74) is 3.70. The molecule has 31 heavy (non-hydrogen) atoms. The zero-order valence-corrected chi connectivity index (χ0v) is 16.6. The van der Waals surface area contributed by atoms with Gasteiger partial charge in [0.05, 0.1) is 30.4 Å². The molecule has 8 heteroatoms. The van der Waals surface area contributed by atoms with Gasteiger partial charge >= 0.3 is 0 Å². The van der Waals surface area contributed by atoms with Crippen LogP contribution in [0.5, 0.6) is 0 Å². The number of fused-ring (bicyclic) bond motifs is 3. The molecule has 1 fully saturated rings. The SMILES string of the molecule is O=C1C2=C(Nc3nc(N4CCOCC4)[nH]c(=O)c3[C@@H]2c2cccnc2)c2ccccc21. The first kappa shape index (κ1) is 18.0. The number of nitrogens with one attached hydrogen (secondary N) is 2. The van der Waals surface area contributed by atoms with Crippen molar-refractivity contribution in [2.24, 2.45) is 0 Å². The van der Waals surface area contributed by atoms with E-state index < -0.39 is 5.92 Å². The first-order chi connectivity index (χ1) is 15.2. The molecule has 0 amide bonds. The number of pyridine rings is 1. The average molecular weight is 413 g/mol. The van der Waals surface area contributed by atoms with Gasteiger partial charge in [-0.05, 0) is 11.6 Å². The van der Waals surface area contributed by atoms with Crippen LogP contribution < -0.4 is 15.8 Å². The summed E-state index contributed by atoms with van der Waals surface area (Å²) in [4.78, 5) is 40.6. The Labute approximate surface area is 177 Å². The summed E-state index contributed by atoms with van der Waals surface area (Å²) in [5.74, 6) is 0.359. The zero-order valence-electron chi connectivity index (χ0n) is 16.6. The molecule has 1 aromatic carbocycles. The van der Waals surface area contributed by atoms with Gasteiger partial charge in [-0.25, -0.2) is 0 Å². The minimum absolute atomic E-state index is 0.0748. The van der Waals surface area contributed by atoms with Gasteiger partial charge in [0.1, 0.15) is 5.82 Å². The highest BCUT2D eigenvalue weighted by Gasteiger charge is 2.42. The number of aromatic nitrogens is 3. The standard InChI is InChI=1S/C23H19N5O3/c29-20-15-6-2-1-5-14(15)19-17(20)16(13-4-3-7-24-12-13)18-21(25-19)26-23(27-22(18)30)28-8-10-31-11-9-28/h1-7,12,16H,8-11H2,(H2,25,26,27,30)/t16-/m1/s1. The van der Waals surface area contributed by atoms with Gasteiger partial charge in [0.15, 0.2) is 5.78 Å². The van der Waals surface area contributed by atoms with Gasteiger partial charge in [-0.1, -0.05) is 30.3 Å². The maximum Gasteiger partial charge on any atom is 0.258 e. The number of ketones is 1. The second-order valence-electron chi connectivity index (χ2n) is 7.76. The number of allylic oxidation sites excluding steroid dienone is 1. The summed E-state index contributed by atoms with van der Waals surface area (Å²) in [6.45, 7) is 2.49. The molecule has 0 bridgehead atoms. The Bertz CT molecular complexity index is 1290. The zero-order chi connectivity index (χ0) is 20.9. The van der Waals surface area contributed by atoms with Crippen molar-refractivity contribution in [3.63, 3.8) is 0 Å². The van der Waals surface area contributed by atoms with Gasteiger partial charge in [0.25, 0.3) is 5.56 Å². The van der Waals surface area contributed by atoms with Crippen LogP contribution in [0, 0.1) is 0 Å². The molecule has 2 aromatic heterocycles. The molecule has 154 valence electrons. The largest absolute Gasteiger partial charge is 0.378 e. The van der Waals surface area contributed by atoms with Gasteiger partial charge in [-0.3, -0.25) is 19.6 Å². The van der Waals surface area contributed by atoms with Gasteiger partial charge in [-0.15, -0.1) is 0 Å². The predicted molar refractivity (Wildman–Crippen MR) is 115 cm³/mol. The first-order valence-electron chi connectivity index (χ1n) is 10.2. The fraction of sp³-hybridized carbons (Fsp3) is 0.217. The second-order valence-corrected chi connectivity index (χ2v) is 7.76. The highest BCUT2D eigenvalue weighted by molar-refractivity contribution is 6.23. The lowest BCUT2D eigenvalue weighted by molar-refractivity contribution is 0.103. The van der Waals surface area contributed by atoms with Crippen LogP contribution >= 0.6 is 0 Å². The number of anilines is 2. The summed E-state index contributed by atoms with van der Waals surface area (Å²) in [6, 6.07) is 11.2. The smallest absolute Gasteiger partial charge is 0.258 e. The van der Waals surface area contributed by atoms with Crippen molar-refractivity contribution < 1.29 is 9.53 Å². The third kappa shape index (κ3) is 2.72. The lowest BCUT2D eigenvalue weighted by Gasteiger charge is -2.30. The number of hydrogen-bond donors (Lipinski definition) is 2. The molecule has 1 saturated heterocycles. The van der Waals surface area contributed by atoms with Crippen molar-refractivity contribution in [2.45, 2.75) is 5.92 Å². The minimum atomic E-state index is -0.546. The Morgan fingerprint density at radius 1 is 1.03 bits per heavy atom. The van der Waals surface area contributed by atoms with Gasteiger partial charge in [0, 0.05) is 42.2 Å². The molecular formula is C23H19N5O3. The molecule has 0 radical (unpaired) electrons. The first-order valence-corrected chi connectivity index (χ1v) is 10.2. The van der Waals surface area contributed by atoms with Crippen LogP contribution in [0.1, 0.15) is 33.0 Å². The second kappa shape index (κ2) is 6.88. The number of ether oxygens (including phenoxy) is 1. The van der Waals surface area contributed by atoms with Crippen molar-refractivity contribution in [3.05, 3.63) is 87.0 Å². The number of H-pyrrole nitrogens is 1. The number of benzene rings is 1. The van der Waals surface area contributed by atoms with Crippen LogP contribution in [0.2, 0.25) is 0 Å². The number of rotatable bonds is 2. The minimum Gasteiger partial charge on any atom is -0.378 e. The van der Waals surface area contributed by atoms with E-state index >= 15 is 0 Å². The third-order valence-electron chi connectivity index (χ3n) is 6.05. The summed E-state index contributed by atoms with van der Waals surface area (Å²) >= 11 is 0. The molecule has 2 N–H and O–H groups in total. The van der Waals surface area contributed by atoms with Crippen molar-refractivity contribution in [2.75, 3.05) is 36.5 Å². The fourth-order valence-corrected chi connectivity index (χ4v) is 4.61. The fourth-order valence-electron chi connectivity index (χ4n) is 4.61. The molecule has 0 unspecified atom stereocenters. The summed E-state index contributed by atoms with van der Waals surface area (Å²) in [6.07, 6.45) is 3.38. The third-order valence-corrected chi connectivity index (χ3v) is 6.05. The predicted octanol–water partition coefficient (Wildman–Crippen LogP) is 2.17. The van der Waals surface area contributed by atoms with Gasteiger partial charge in [0.2, 0.25) is 5.95 Å². The van der Waals surface area contributed by atoms with Crippen LogP contribution in [-0.4, -0.2) is 47.0 Å². The van der Waals surface area contributed by atoms with E-state index in [1.54, 1.807) is 12.4 Å². The Kier molecular flexibility index (Phi) is 4.00. The number of carbonyl (C=O) groups excluding carboxylic acids is 1. The quantitative estimate of drug-likeness (QED) is 0.664. The monoisotopic (exact) mass is 413 g/mol. The maximum absolute atomic E-state index is 13.4. The van der Waals surface area contributed by atoms with Crippen LogP contribution in [0.3, 0.4) is 0 Å². The molecule has 1 atom stereocenters. The van der Waals surface area contributed by atoms with E-state index in [0.717, 1.165) is 11.1 Å². The molecule has 2 aliphatic heterocycles. The number of aromatic amines is 1. The Hall–Kier alpha value is -3.78. The number of carbonyl (C=O) groups is 1. The Morgan fingerprint density at radius 3 is 2.61 bits per heavy atom. The summed E-state index contributed by atoms with van der Waals surface area (Å²) in [7, 11) is 0. The van der Waals surface area contributed by atoms with Gasteiger partial charge < -0.3 is 15.0 Å². The molecule has 3 aliphatic rings. The molecule has 1 aliphatic carbocycles. The van der Waals surface area contributed by atoms with Crippen LogP contribution in [0.25, 0.3) is 5.70 Å². The molecule has 8 nitrogen and oxygen atoms in total. The number of morpholine rings is 1. The topological polar surface area (TPSA) is 100 Å². The molecule has 4 heterocycles. The number of Topliss-reactive ketones (excluding diaryl/α,β-unsaturated/α-hetero) is 1. The average Bonchev–Trinajstić information content (AvgIpc) is 3.11. The highest BCUT2D eigenvalue weighted by atomic mass is 16.5. The van der Waals surface area contributed by atoms with E-state index in [9.17, 15) is 9.59 Å². The Balaban J connectivity index is 1.57. The van der Waals surface area contributed by atoms with Crippen molar-refractivity contribution in [1.82, 2.24) is 15.0 Å². The van der Waals surface area contributed by atoms with E-state index in [2.05, 4.69) is 15.3 Å². The lowest BCUT2D eigenvalue weighted by atomic mass is 9.82. The van der Waals surface area contributed by atoms with Crippen molar-refractivity contribution in [1.29, 1.82) is 0 Å². The number of hydrogen-bond acceptors (Lipinski definition) is 7. The van der Waals surface area contributed by atoms with Crippen LogP contribution in [-0.2, 0) is 4.74 Å². The molecule has 0 saturated carbocycles. The van der Waals surface area contributed by atoms with E-state index in [-0.39, 0.29) is 11.3 Å². The lowest BCUT2D eigenvalue weighted by Crippen LogP contribution is -2.39. The van der Waals surface area contributed by atoms with E-state index in [1.807, 2.05) is 41.3 Å². The van der Waals surface area contributed by atoms with Crippen LogP contribution in [0.4, 0.5) is 11.8 Å². The molecule has 6 rings (SSSR count). The number of nitrogens with zero attached hydrogens (tertiary/aromatic N) is 3. The molecule has 3 aromatic rings. The van der Waals surface area contributed by atoms with E-state index in [4.69, 9.17) is 9.72 Å². The van der Waals surface area contributed by atoms with Crippen molar-refractivity contribution in [3.8, 4) is 0 Å². The van der Waals surface area contributed by atoms with Crippen molar-refractivity contribution >= 4 is 23.2 Å². The normalized spacial score (nSPS) is 19.5. The summed E-state index contributed by atoms with van der Waals surface area (Å²) in [5, 5.41) is 3.31. The molecular weight excluding hydrogens is 394 g/mol. The maximum atomic E-state index is 13.4. The van der Waals surface area contributed by atoms with E-state index in [0.29, 0.717) is 60.5 Å². The highest BCUT2D eigenvalue weighted by Crippen LogP contribution is 2.47. The Morgan fingerprint density at radius 2 is 1.84 bits per heavy atom. The van der Waals surface area contributed by atoms with Gasteiger partial charge in [-0.2, -0.15) is 4.98 Å². The summed E-state index contributed by atoms with van der Waals surface area (Å²) < 4.78 is 5.42. The van der Waals surface area contributed by atoms with E-state index in [1.165, 1.54) is 0 Å². The molecule has 0 spiro atoms.